The molecule has 2 aromatic rings. The molecule has 4 nitrogen and oxygen atoms in total. The quantitative estimate of drug-likeness (QED) is 0.785. The highest BCUT2D eigenvalue weighted by atomic mass is 16.5. The number of ether oxygens (including phenoxy) is 1. The first-order chi connectivity index (χ1) is 10.1. The van der Waals surface area contributed by atoms with E-state index in [1.165, 1.54) is 12.5 Å². The Hall–Kier alpha value is -2.23. The average molecular weight is 284 g/mol. The third kappa shape index (κ3) is 4.12. The molecular formula is C17H20N2O2. The van der Waals surface area contributed by atoms with E-state index < -0.39 is 0 Å². The number of hydrogen-bond acceptors (Lipinski definition) is 4. The van der Waals surface area contributed by atoms with Gasteiger partial charge in [0.25, 0.3) is 0 Å². The molecule has 1 heterocycles. The van der Waals surface area contributed by atoms with Crippen molar-refractivity contribution in [2.45, 2.75) is 33.3 Å². The molecule has 110 valence electrons. The van der Waals surface area contributed by atoms with Gasteiger partial charge >= 0.3 is 5.97 Å². The van der Waals surface area contributed by atoms with Crippen molar-refractivity contribution >= 4 is 5.97 Å². The van der Waals surface area contributed by atoms with Gasteiger partial charge in [-0.1, -0.05) is 44.2 Å². The van der Waals surface area contributed by atoms with Gasteiger partial charge in [-0.25, -0.2) is 14.8 Å². The standard InChI is InChI=1S/C17H20N2O2/c1-12(2)9-13(3)21-17(20)15-10-18-11-19-16(15)14-7-5-4-6-8-14/h4-8,10-13H,9H2,1-3H3/t13-/m0/s1. The Morgan fingerprint density at radius 3 is 2.57 bits per heavy atom. The molecule has 1 aromatic heterocycles. The van der Waals surface area contributed by atoms with Crippen molar-refractivity contribution in [2.24, 2.45) is 5.92 Å². The van der Waals surface area contributed by atoms with E-state index in [1.807, 2.05) is 37.3 Å². The van der Waals surface area contributed by atoms with Crippen LogP contribution in [0.1, 0.15) is 37.6 Å². The van der Waals surface area contributed by atoms with Crippen LogP contribution in [0.15, 0.2) is 42.9 Å². The zero-order chi connectivity index (χ0) is 15.2. The van der Waals surface area contributed by atoms with Gasteiger partial charge in [-0.3, -0.25) is 0 Å². The Balaban J connectivity index is 2.22. The van der Waals surface area contributed by atoms with Gasteiger partial charge in [0.1, 0.15) is 11.9 Å². The molecule has 0 amide bonds. The first-order valence-electron chi connectivity index (χ1n) is 7.14. The average Bonchev–Trinajstić information content (AvgIpc) is 2.47. The van der Waals surface area contributed by atoms with E-state index in [9.17, 15) is 4.79 Å². The molecule has 0 fully saturated rings. The third-order valence-electron chi connectivity index (χ3n) is 3.09. The number of hydrogen-bond donors (Lipinski definition) is 0. The number of carbonyl (C=O) groups is 1. The zero-order valence-electron chi connectivity index (χ0n) is 12.6. The van der Waals surface area contributed by atoms with Crippen LogP contribution in [0.2, 0.25) is 0 Å². The topological polar surface area (TPSA) is 52.1 Å². The number of nitrogens with zero attached hydrogens (tertiary/aromatic N) is 2. The maximum absolute atomic E-state index is 12.3. The van der Waals surface area contributed by atoms with Gasteiger partial charge in [0.2, 0.25) is 0 Å². The fourth-order valence-electron chi connectivity index (χ4n) is 2.26. The summed E-state index contributed by atoms with van der Waals surface area (Å²) < 4.78 is 5.49. The molecule has 1 aromatic carbocycles. The molecule has 0 unspecified atom stereocenters. The molecule has 0 saturated heterocycles. The molecule has 0 saturated carbocycles. The van der Waals surface area contributed by atoms with Crippen molar-refractivity contribution in [3.8, 4) is 11.3 Å². The number of carbonyl (C=O) groups excluding carboxylic acids is 1. The fraction of sp³-hybridized carbons (Fsp3) is 0.353. The van der Waals surface area contributed by atoms with Crippen LogP contribution >= 0.6 is 0 Å². The normalized spacial score (nSPS) is 12.2. The second-order valence-corrected chi connectivity index (χ2v) is 5.50. The van der Waals surface area contributed by atoms with Gasteiger partial charge in [0.05, 0.1) is 11.8 Å². The monoisotopic (exact) mass is 284 g/mol. The summed E-state index contributed by atoms with van der Waals surface area (Å²) in [5.41, 5.74) is 1.88. The van der Waals surface area contributed by atoms with E-state index in [0.717, 1.165) is 12.0 Å². The Kier molecular flexibility index (Phi) is 5.04. The van der Waals surface area contributed by atoms with Crippen LogP contribution in [-0.2, 0) is 4.74 Å². The van der Waals surface area contributed by atoms with Crippen LogP contribution in [0.4, 0.5) is 0 Å². The van der Waals surface area contributed by atoms with Gasteiger partial charge in [-0.15, -0.1) is 0 Å². The highest BCUT2D eigenvalue weighted by Crippen LogP contribution is 2.21. The number of esters is 1. The lowest BCUT2D eigenvalue weighted by molar-refractivity contribution is 0.0299. The van der Waals surface area contributed by atoms with E-state index in [1.54, 1.807) is 0 Å². The van der Waals surface area contributed by atoms with Crippen LogP contribution in [0.5, 0.6) is 0 Å². The maximum Gasteiger partial charge on any atom is 0.342 e. The Morgan fingerprint density at radius 2 is 1.90 bits per heavy atom. The lowest BCUT2D eigenvalue weighted by Crippen LogP contribution is -2.18. The van der Waals surface area contributed by atoms with Crippen molar-refractivity contribution in [1.82, 2.24) is 9.97 Å². The lowest BCUT2D eigenvalue weighted by atomic mass is 10.1. The van der Waals surface area contributed by atoms with Crippen LogP contribution in [0.25, 0.3) is 11.3 Å². The summed E-state index contributed by atoms with van der Waals surface area (Å²) >= 11 is 0. The molecule has 1 atom stereocenters. The van der Waals surface area contributed by atoms with Gasteiger partial charge in [-0.05, 0) is 19.3 Å². The molecule has 0 bridgehead atoms. The van der Waals surface area contributed by atoms with E-state index in [4.69, 9.17) is 4.74 Å². The number of benzene rings is 1. The van der Waals surface area contributed by atoms with Crippen LogP contribution in [-0.4, -0.2) is 22.0 Å². The third-order valence-corrected chi connectivity index (χ3v) is 3.09. The molecular weight excluding hydrogens is 264 g/mol. The summed E-state index contributed by atoms with van der Waals surface area (Å²) in [6.45, 7) is 6.11. The molecule has 0 radical (unpaired) electrons. The van der Waals surface area contributed by atoms with Crippen LogP contribution < -0.4 is 0 Å². The predicted octanol–water partition coefficient (Wildman–Crippen LogP) is 3.74. The second kappa shape index (κ2) is 6.97. The van der Waals surface area contributed by atoms with E-state index in [2.05, 4.69) is 23.8 Å². The van der Waals surface area contributed by atoms with Crippen molar-refractivity contribution in [1.29, 1.82) is 0 Å². The Bertz CT molecular complexity index is 597. The summed E-state index contributed by atoms with van der Waals surface area (Å²) in [5, 5.41) is 0. The van der Waals surface area contributed by atoms with Crippen molar-refractivity contribution < 1.29 is 9.53 Å². The summed E-state index contributed by atoms with van der Waals surface area (Å²) in [5.74, 6) is 0.107. The number of rotatable bonds is 5. The summed E-state index contributed by atoms with van der Waals surface area (Å²) in [6, 6.07) is 9.57. The molecule has 0 aliphatic carbocycles. The predicted molar refractivity (Wildman–Crippen MR) is 81.8 cm³/mol. The van der Waals surface area contributed by atoms with Gasteiger partial charge < -0.3 is 4.74 Å². The maximum atomic E-state index is 12.3. The first kappa shape index (κ1) is 15.2. The smallest absolute Gasteiger partial charge is 0.342 e. The van der Waals surface area contributed by atoms with E-state index in [-0.39, 0.29) is 12.1 Å². The molecule has 2 rings (SSSR count). The lowest BCUT2D eigenvalue weighted by Gasteiger charge is -2.16. The Labute approximate surface area is 125 Å². The number of aromatic nitrogens is 2. The van der Waals surface area contributed by atoms with Crippen LogP contribution in [0, 0.1) is 5.92 Å². The SMILES string of the molecule is CC(C)C[C@H](C)OC(=O)c1cncnc1-c1ccccc1. The molecule has 0 aliphatic rings. The van der Waals surface area contributed by atoms with Gasteiger partial charge in [0.15, 0.2) is 0 Å². The van der Waals surface area contributed by atoms with Gasteiger partial charge in [0, 0.05) is 11.8 Å². The summed E-state index contributed by atoms with van der Waals surface area (Å²) in [7, 11) is 0. The summed E-state index contributed by atoms with van der Waals surface area (Å²) in [4.78, 5) is 20.5. The minimum Gasteiger partial charge on any atom is -0.459 e. The molecule has 21 heavy (non-hydrogen) atoms. The Morgan fingerprint density at radius 1 is 1.19 bits per heavy atom. The molecule has 0 spiro atoms. The fourth-order valence-corrected chi connectivity index (χ4v) is 2.26. The van der Waals surface area contributed by atoms with E-state index in [0.29, 0.717) is 17.2 Å². The van der Waals surface area contributed by atoms with Crippen molar-refractivity contribution in [3.05, 3.63) is 48.4 Å². The molecule has 0 aliphatic heterocycles. The largest absolute Gasteiger partial charge is 0.459 e. The zero-order valence-corrected chi connectivity index (χ0v) is 12.6. The minimum atomic E-state index is -0.373. The van der Waals surface area contributed by atoms with Crippen molar-refractivity contribution in [3.63, 3.8) is 0 Å². The molecule has 4 heteroatoms. The van der Waals surface area contributed by atoms with E-state index >= 15 is 0 Å². The summed E-state index contributed by atoms with van der Waals surface area (Å²) in [6.07, 6.45) is 3.66. The van der Waals surface area contributed by atoms with Crippen LogP contribution in [0.3, 0.4) is 0 Å². The highest BCUT2D eigenvalue weighted by Gasteiger charge is 2.18. The van der Waals surface area contributed by atoms with Gasteiger partial charge in [-0.2, -0.15) is 0 Å². The second-order valence-electron chi connectivity index (χ2n) is 5.50. The highest BCUT2D eigenvalue weighted by molar-refractivity contribution is 5.95. The van der Waals surface area contributed by atoms with Crippen molar-refractivity contribution in [2.75, 3.05) is 0 Å². The molecule has 0 N–H and O–H groups in total. The minimum absolute atomic E-state index is 0.124. The first-order valence-corrected chi connectivity index (χ1v) is 7.14.